The van der Waals surface area contributed by atoms with Gasteiger partial charge >= 0.3 is 29.6 Å². The molecule has 26 valence electrons. The molecule has 0 aliphatic carbocycles. The summed E-state index contributed by atoms with van der Waals surface area (Å²) >= 11 is 0. The zero-order chi connectivity index (χ0) is 2.71. The van der Waals surface area contributed by atoms with Crippen LogP contribution in [0.5, 0.6) is 0 Å². The first-order valence-electron chi connectivity index (χ1n) is 0.512. The molecule has 0 fully saturated rings. The van der Waals surface area contributed by atoms with Crippen LogP contribution in [0.1, 0.15) is 0 Å². The standard InChI is InChI=1S/CH2N2.ClH.Na.H/c2-1-3;;;/h2H2;1H;;. The van der Waals surface area contributed by atoms with E-state index < -0.39 is 0 Å². The van der Waals surface area contributed by atoms with Gasteiger partial charge in [0.2, 0.25) is 0 Å². The fourth-order valence-corrected chi connectivity index (χ4v) is 0. The second-order valence-corrected chi connectivity index (χ2v) is 0.129. The molecule has 0 amide bonds. The zero-order valence-electron chi connectivity index (χ0n) is 1.93. The van der Waals surface area contributed by atoms with Crippen LogP contribution in [0, 0.1) is 11.5 Å². The third-order valence-electron chi connectivity index (χ3n) is 0. The van der Waals surface area contributed by atoms with E-state index in [-0.39, 0.29) is 42.0 Å². The van der Waals surface area contributed by atoms with Crippen molar-refractivity contribution in [3.05, 3.63) is 0 Å². The van der Waals surface area contributed by atoms with Gasteiger partial charge in [-0.05, 0) is 0 Å². The number of halogens is 1. The van der Waals surface area contributed by atoms with E-state index in [0.29, 0.717) is 0 Å². The van der Waals surface area contributed by atoms with Crippen LogP contribution >= 0.6 is 12.4 Å². The van der Waals surface area contributed by atoms with Crippen molar-refractivity contribution in [3.63, 3.8) is 0 Å². The van der Waals surface area contributed by atoms with Crippen LogP contribution in [0.4, 0.5) is 0 Å². The summed E-state index contributed by atoms with van der Waals surface area (Å²) in [5, 5.41) is 7.10. The predicted molar refractivity (Wildman–Crippen MR) is 24.2 cm³/mol. The van der Waals surface area contributed by atoms with Gasteiger partial charge in [0.1, 0.15) is 0 Å². The molecule has 0 saturated carbocycles. The normalized spacial score (nSPS) is 1.40. The zero-order valence-corrected chi connectivity index (χ0v) is 2.75. The molecule has 0 atom stereocenters. The van der Waals surface area contributed by atoms with Crippen molar-refractivity contribution in [2.24, 2.45) is 5.73 Å². The molecular weight excluding hydrogens is 98.5 g/mol. The Labute approximate surface area is 59.0 Å². The van der Waals surface area contributed by atoms with E-state index >= 15 is 0 Å². The predicted octanol–water partition coefficient (Wildman–Crippen LogP) is -0.801. The first-order chi connectivity index (χ1) is 1.41. The Morgan fingerprint density at radius 3 is 1.60 bits per heavy atom. The van der Waals surface area contributed by atoms with Gasteiger partial charge in [0.15, 0.2) is 6.19 Å². The number of nitrogens with zero attached hydrogens (tertiary/aromatic N) is 1. The van der Waals surface area contributed by atoms with Crippen LogP contribution in [0.15, 0.2) is 0 Å². The van der Waals surface area contributed by atoms with Gasteiger partial charge in [-0.15, -0.1) is 12.4 Å². The summed E-state index contributed by atoms with van der Waals surface area (Å²) < 4.78 is 0. The molecular formula is CH4ClN2Na. The first-order valence-corrected chi connectivity index (χ1v) is 0.512. The first kappa shape index (κ1) is 17.6. The van der Waals surface area contributed by atoms with Gasteiger partial charge in [-0.25, -0.2) is 0 Å². The van der Waals surface area contributed by atoms with Gasteiger partial charge in [0.05, 0.1) is 0 Å². The average Bonchev–Trinajstić information content (AvgIpc) is 0.918. The third-order valence-corrected chi connectivity index (χ3v) is 0. The molecule has 4 heteroatoms. The van der Waals surface area contributed by atoms with E-state index in [1.54, 1.807) is 0 Å². The molecule has 0 bridgehead atoms. The molecule has 0 aliphatic rings. The second-order valence-electron chi connectivity index (χ2n) is 0.129. The van der Waals surface area contributed by atoms with Gasteiger partial charge in [0, 0.05) is 0 Å². The van der Waals surface area contributed by atoms with Crippen molar-refractivity contribution in [3.8, 4) is 6.19 Å². The minimum atomic E-state index is 0. The van der Waals surface area contributed by atoms with Crippen LogP contribution in [0.3, 0.4) is 0 Å². The van der Waals surface area contributed by atoms with E-state index in [1.807, 2.05) is 0 Å². The monoisotopic (exact) mass is 102 g/mol. The molecule has 0 saturated heterocycles. The molecule has 2 N–H and O–H groups in total. The average molecular weight is 102 g/mol. The van der Waals surface area contributed by atoms with Crippen LogP contribution < -0.4 is 5.73 Å². The van der Waals surface area contributed by atoms with E-state index in [0.717, 1.165) is 0 Å². The molecule has 0 heterocycles. The van der Waals surface area contributed by atoms with Crippen molar-refractivity contribution in [2.75, 3.05) is 0 Å². The summed E-state index contributed by atoms with van der Waals surface area (Å²) in [5.74, 6) is 0. The molecule has 0 unspecified atom stereocenters. The molecule has 0 aromatic carbocycles. The Morgan fingerprint density at radius 1 is 1.60 bits per heavy atom. The Kier molecular flexibility index (Phi) is 82.7. The summed E-state index contributed by atoms with van der Waals surface area (Å²) in [7, 11) is 0. The maximum absolute atomic E-state index is 7.10. The maximum atomic E-state index is 7.10. The molecule has 0 aliphatic heterocycles. The van der Waals surface area contributed by atoms with Crippen LogP contribution in [0.2, 0.25) is 0 Å². The van der Waals surface area contributed by atoms with E-state index in [2.05, 4.69) is 5.73 Å². The Bertz CT molecular complexity index is 31.1. The van der Waals surface area contributed by atoms with E-state index in [9.17, 15) is 0 Å². The number of nitriles is 1. The Balaban J connectivity index is -0.0000000200. The summed E-state index contributed by atoms with van der Waals surface area (Å²) in [4.78, 5) is 0. The van der Waals surface area contributed by atoms with E-state index in [1.165, 1.54) is 6.19 Å². The van der Waals surface area contributed by atoms with Crippen molar-refractivity contribution < 1.29 is 0 Å². The Morgan fingerprint density at radius 2 is 1.60 bits per heavy atom. The quantitative estimate of drug-likeness (QED) is 0.247. The van der Waals surface area contributed by atoms with Gasteiger partial charge in [-0.3, -0.25) is 0 Å². The van der Waals surface area contributed by atoms with Crippen molar-refractivity contribution in [1.29, 1.82) is 5.26 Å². The van der Waals surface area contributed by atoms with Crippen molar-refractivity contribution in [2.45, 2.75) is 0 Å². The van der Waals surface area contributed by atoms with Gasteiger partial charge in [0.25, 0.3) is 0 Å². The number of rotatable bonds is 0. The summed E-state index contributed by atoms with van der Waals surface area (Å²) in [6.07, 6.45) is 1.25. The van der Waals surface area contributed by atoms with Crippen LogP contribution in [0.25, 0.3) is 0 Å². The van der Waals surface area contributed by atoms with Gasteiger partial charge < -0.3 is 5.73 Å². The fraction of sp³-hybridized carbons (Fsp3) is 0. The summed E-state index contributed by atoms with van der Waals surface area (Å²) in [6, 6.07) is 0. The van der Waals surface area contributed by atoms with Gasteiger partial charge in [-0.2, -0.15) is 5.26 Å². The van der Waals surface area contributed by atoms with Crippen LogP contribution in [-0.4, -0.2) is 29.6 Å². The summed E-state index contributed by atoms with van der Waals surface area (Å²) in [6.45, 7) is 0. The van der Waals surface area contributed by atoms with E-state index in [4.69, 9.17) is 5.26 Å². The molecule has 0 rings (SSSR count). The molecule has 5 heavy (non-hydrogen) atoms. The number of hydrogen-bond donors (Lipinski definition) is 1. The van der Waals surface area contributed by atoms with Crippen molar-refractivity contribution >= 4 is 42.0 Å². The minimum absolute atomic E-state index is 0. The Hall–Kier alpha value is 0.580. The molecule has 0 aromatic rings. The van der Waals surface area contributed by atoms with Crippen molar-refractivity contribution in [1.82, 2.24) is 0 Å². The third kappa shape index (κ3) is 90.6. The number of nitrogens with two attached hydrogens (primary N) is 1. The number of hydrogen-bond acceptors (Lipinski definition) is 2. The SMILES string of the molecule is Cl.N#CN.[NaH]. The fourth-order valence-electron chi connectivity index (χ4n) is 0. The topological polar surface area (TPSA) is 49.8 Å². The van der Waals surface area contributed by atoms with Crippen LogP contribution in [-0.2, 0) is 0 Å². The van der Waals surface area contributed by atoms with Gasteiger partial charge in [-0.1, -0.05) is 0 Å². The molecule has 0 aromatic heterocycles. The molecule has 2 nitrogen and oxygen atoms in total. The summed E-state index contributed by atoms with van der Waals surface area (Å²) in [5.41, 5.74) is 4.15. The second kappa shape index (κ2) is 23.5. The molecule has 0 radical (unpaired) electrons. The molecule has 0 spiro atoms.